The summed E-state index contributed by atoms with van der Waals surface area (Å²) in [5, 5.41) is 3.96. The van der Waals surface area contributed by atoms with Crippen LogP contribution in [0.2, 0.25) is 0 Å². The van der Waals surface area contributed by atoms with Gasteiger partial charge < -0.3 is 15.0 Å². The number of ether oxygens (including phenoxy) is 1. The van der Waals surface area contributed by atoms with E-state index in [1.807, 2.05) is 85.2 Å². The number of hydrogen-bond donors (Lipinski definition) is 1. The fourth-order valence-corrected chi connectivity index (χ4v) is 4.02. The van der Waals surface area contributed by atoms with E-state index in [9.17, 15) is 4.79 Å². The van der Waals surface area contributed by atoms with Crippen molar-refractivity contribution in [2.45, 2.75) is 26.8 Å². The first-order valence-corrected chi connectivity index (χ1v) is 10.2. The molecule has 0 fully saturated rings. The number of hydrogen-bond acceptors (Lipinski definition) is 3. The van der Waals surface area contributed by atoms with E-state index in [1.165, 1.54) is 0 Å². The predicted octanol–water partition coefficient (Wildman–Crippen LogP) is 4.27. The fourth-order valence-electron chi connectivity index (χ4n) is 3.66. The maximum absolute atomic E-state index is 13.5. The van der Waals surface area contributed by atoms with Crippen molar-refractivity contribution in [3.63, 3.8) is 0 Å². The third kappa shape index (κ3) is 4.12. The zero-order valence-electron chi connectivity index (χ0n) is 17.3. The molecular weight excluding hydrogens is 382 g/mol. The second-order valence-electron chi connectivity index (χ2n) is 6.81. The Labute approximate surface area is 178 Å². The number of nitrogens with one attached hydrogen (secondary N) is 1. The largest absolute Gasteiger partial charge is 0.497 e. The summed E-state index contributed by atoms with van der Waals surface area (Å²) in [7, 11) is 1.64. The molecule has 5 nitrogen and oxygen atoms in total. The van der Waals surface area contributed by atoms with Crippen molar-refractivity contribution >= 4 is 28.9 Å². The number of anilines is 1. The lowest BCUT2D eigenvalue weighted by molar-refractivity contribution is -0.127. The Morgan fingerprint density at radius 2 is 1.83 bits per heavy atom. The molecular formula is C23H27N3O2S. The highest BCUT2D eigenvalue weighted by atomic mass is 32.1. The Hall–Kier alpha value is -2.86. The van der Waals surface area contributed by atoms with E-state index >= 15 is 0 Å². The van der Waals surface area contributed by atoms with Crippen molar-refractivity contribution in [2.75, 3.05) is 25.1 Å². The molecule has 1 N–H and O–H groups in total. The molecule has 29 heavy (non-hydrogen) atoms. The van der Waals surface area contributed by atoms with Crippen molar-refractivity contribution in [1.82, 2.24) is 10.2 Å². The van der Waals surface area contributed by atoms with Crippen LogP contribution in [0.1, 0.15) is 32.4 Å². The minimum atomic E-state index is -0.342. The molecule has 152 valence electrons. The van der Waals surface area contributed by atoms with Gasteiger partial charge in [-0.15, -0.1) is 0 Å². The Morgan fingerprint density at radius 1 is 1.14 bits per heavy atom. The standard InChI is InChI=1S/C23H27N3O2S/c1-5-25(6-2)22(27)20-16(3)26(18-12-8-7-9-13-18)23(29)24-21(20)17-11-10-14-19(15-17)28-4/h7-15,21H,5-6H2,1-4H3,(H,24,29)/t21-/m0/s1. The van der Waals surface area contributed by atoms with Gasteiger partial charge in [-0.2, -0.15) is 0 Å². The summed E-state index contributed by atoms with van der Waals surface area (Å²) in [5.74, 6) is 0.754. The molecule has 1 heterocycles. The number of thiocarbonyl (C=S) groups is 1. The second kappa shape index (κ2) is 9.09. The SMILES string of the molecule is CCN(CC)C(=O)C1=C(C)N(c2ccccc2)C(=S)N[C@H]1c1cccc(OC)c1. The molecule has 6 heteroatoms. The minimum absolute atomic E-state index is 0.0104. The average Bonchev–Trinajstić information content (AvgIpc) is 2.75. The molecule has 0 aliphatic carbocycles. The van der Waals surface area contributed by atoms with Gasteiger partial charge in [-0.25, -0.2) is 0 Å². The number of benzene rings is 2. The summed E-state index contributed by atoms with van der Waals surface area (Å²) in [6, 6.07) is 17.3. The molecule has 1 amide bonds. The monoisotopic (exact) mass is 409 g/mol. The van der Waals surface area contributed by atoms with Gasteiger partial charge in [-0.3, -0.25) is 9.69 Å². The van der Waals surface area contributed by atoms with Crippen LogP contribution >= 0.6 is 12.2 Å². The van der Waals surface area contributed by atoms with Crippen LogP contribution in [0.25, 0.3) is 0 Å². The second-order valence-corrected chi connectivity index (χ2v) is 7.19. The van der Waals surface area contributed by atoms with Gasteiger partial charge in [-0.05, 0) is 62.8 Å². The molecule has 2 aromatic carbocycles. The maximum atomic E-state index is 13.5. The van der Waals surface area contributed by atoms with Gasteiger partial charge >= 0.3 is 0 Å². The highest BCUT2D eigenvalue weighted by Crippen LogP contribution is 2.35. The summed E-state index contributed by atoms with van der Waals surface area (Å²) in [5.41, 5.74) is 3.40. The number of carbonyl (C=O) groups excluding carboxylic acids is 1. The third-order valence-corrected chi connectivity index (χ3v) is 5.51. The zero-order chi connectivity index (χ0) is 21.0. The Kier molecular flexibility index (Phi) is 6.54. The average molecular weight is 410 g/mol. The summed E-state index contributed by atoms with van der Waals surface area (Å²) < 4.78 is 5.39. The van der Waals surface area contributed by atoms with Crippen molar-refractivity contribution in [3.8, 4) is 5.75 Å². The number of allylic oxidation sites excluding steroid dienone is 1. The number of carbonyl (C=O) groups is 1. The van der Waals surface area contributed by atoms with Crippen LogP contribution in [-0.4, -0.2) is 36.1 Å². The molecule has 0 saturated heterocycles. The van der Waals surface area contributed by atoms with E-state index < -0.39 is 0 Å². The highest BCUT2D eigenvalue weighted by molar-refractivity contribution is 7.80. The van der Waals surface area contributed by atoms with Gasteiger partial charge in [0.05, 0.1) is 18.7 Å². The van der Waals surface area contributed by atoms with E-state index in [2.05, 4.69) is 5.32 Å². The topological polar surface area (TPSA) is 44.8 Å². The Morgan fingerprint density at radius 3 is 2.45 bits per heavy atom. The Balaban J connectivity index is 2.16. The van der Waals surface area contributed by atoms with Gasteiger partial charge in [0.2, 0.25) is 0 Å². The molecule has 3 rings (SSSR count). The van der Waals surface area contributed by atoms with E-state index in [-0.39, 0.29) is 11.9 Å². The number of nitrogens with zero attached hydrogens (tertiary/aromatic N) is 2. The first-order valence-electron chi connectivity index (χ1n) is 9.81. The fraction of sp³-hybridized carbons (Fsp3) is 0.304. The lowest BCUT2D eigenvalue weighted by atomic mass is 9.93. The first-order chi connectivity index (χ1) is 14.0. The van der Waals surface area contributed by atoms with Crippen LogP contribution in [-0.2, 0) is 4.79 Å². The molecule has 1 atom stereocenters. The van der Waals surface area contributed by atoms with Crippen LogP contribution in [0.15, 0.2) is 65.9 Å². The van der Waals surface area contributed by atoms with Gasteiger partial charge in [0, 0.05) is 24.5 Å². The predicted molar refractivity (Wildman–Crippen MR) is 121 cm³/mol. The molecule has 0 radical (unpaired) electrons. The molecule has 1 aliphatic rings. The van der Waals surface area contributed by atoms with Gasteiger partial charge in [-0.1, -0.05) is 30.3 Å². The van der Waals surface area contributed by atoms with Crippen LogP contribution in [0.4, 0.5) is 5.69 Å². The van der Waals surface area contributed by atoms with Gasteiger partial charge in [0.15, 0.2) is 5.11 Å². The first kappa shape index (κ1) is 20.9. The van der Waals surface area contributed by atoms with Crippen molar-refractivity contribution in [2.24, 2.45) is 0 Å². The quantitative estimate of drug-likeness (QED) is 0.722. The summed E-state index contributed by atoms with van der Waals surface area (Å²) in [4.78, 5) is 17.3. The highest BCUT2D eigenvalue weighted by Gasteiger charge is 2.36. The molecule has 1 aliphatic heterocycles. The van der Waals surface area contributed by atoms with E-state index in [1.54, 1.807) is 7.11 Å². The lowest BCUT2D eigenvalue weighted by Gasteiger charge is -2.39. The molecule has 2 aromatic rings. The minimum Gasteiger partial charge on any atom is -0.497 e. The number of amides is 1. The number of likely N-dealkylation sites (N-methyl/N-ethyl adjacent to an activating group) is 1. The van der Waals surface area contributed by atoms with Crippen molar-refractivity contribution in [3.05, 3.63) is 71.4 Å². The molecule has 0 saturated carbocycles. The van der Waals surface area contributed by atoms with E-state index in [4.69, 9.17) is 17.0 Å². The molecule has 0 unspecified atom stereocenters. The van der Waals surface area contributed by atoms with E-state index in [0.717, 1.165) is 22.7 Å². The number of rotatable bonds is 6. The van der Waals surface area contributed by atoms with Crippen LogP contribution in [0.5, 0.6) is 5.75 Å². The summed E-state index contributed by atoms with van der Waals surface area (Å²) in [6.07, 6.45) is 0. The van der Waals surface area contributed by atoms with E-state index in [0.29, 0.717) is 23.8 Å². The number of methoxy groups -OCH3 is 1. The molecule has 0 bridgehead atoms. The Bertz CT molecular complexity index is 923. The van der Waals surface area contributed by atoms with Gasteiger partial charge in [0.25, 0.3) is 5.91 Å². The van der Waals surface area contributed by atoms with Gasteiger partial charge in [0.1, 0.15) is 5.75 Å². The third-order valence-electron chi connectivity index (χ3n) is 5.21. The van der Waals surface area contributed by atoms with Crippen LogP contribution < -0.4 is 15.0 Å². The summed E-state index contributed by atoms with van der Waals surface area (Å²) >= 11 is 5.71. The zero-order valence-corrected chi connectivity index (χ0v) is 18.1. The smallest absolute Gasteiger partial charge is 0.253 e. The van der Waals surface area contributed by atoms with Crippen LogP contribution in [0, 0.1) is 0 Å². The summed E-state index contributed by atoms with van der Waals surface area (Å²) in [6.45, 7) is 7.24. The normalized spacial score (nSPS) is 16.5. The lowest BCUT2D eigenvalue weighted by Crippen LogP contribution is -2.50. The van der Waals surface area contributed by atoms with Crippen molar-refractivity contribution in [1.29, 1.82) is 0 Å². The van der Waals surface area contributed by atoms with Crippen LogP contribution in [0.3, 0.4) is 0 Å². The molecule has 0 spiro atoms. The maximum Gasteiger partial charge on any atom is 0.253 e. The molecule has 0 aromatic heterocycles. The van der Waals surface area contributed by atoms with Crippen molar-refractivity contribution < 1.29 is 9.53 Å². The number of para-hydroxylation sites is 1.